The van der Waals surface area contributed by atoms with Crippen LogP contribution in [0.3, 0.4) is 0 Å². The van der Waals surface area contributed by atoms with E-state index in [2.05, 4.69) is 23.2 Å². The van der Waals surface area contributed by atoms with Crippen LogP contribution in [0.5, 0.6) is 0 Å². The monoisotopic (exact) mass is 275 g/mol. The minimum absolute atomic E-state index is 0.284. The number of pyridine rings is 1. The molecular formula is C19H17NO. The van der Waals surface area contributed by atoms with Crippen molar-refractivity contribution in [1.29, 1.82) is 0 Å². The number of benzene rings is 2. The standard InChI is InChI=1S/C19H17NO/c21-19(9-7-15-4-2-1-3-5-15)13-16-6-8-18-14-20-11-10-17(18)12-16/h1-6,8,10-12,14H,7,9,13H2. The van der Waals surface area contributed by atoms with E-state index in [9.17, 15) is 4.79 Å². The lowest BCUT2D eigenvalue weighted by Gasteiger charge is -2.04. The largest absolute Gasteiger partial charge is 0.299 e. The molecule has 0 aliphatic carbocycles. The molecule has 1 heterocycles. The molecule has 0 saturated carbocycles. The first-order chi connectivity index (χ1) is 10.3. The first kappa shape index (κ1) is 13.5. The number of carbonyl (C=O) groups excluding carboxylic acids is 1. The van der Waals surface area contributed by atoms with Crippen LogP contribution in [0, 0.1) is 0 Å². The van der Waals surface area contributed by atoms with E-state index in [4.69, 9.17) is 0 Å². The zero-order valence-electron chi connectivity index (χ0n) is 11.8. The van der Waals surface area contributed by atoms with Gasteiger partial charge in [-0.05, 0) is 29.0 Å². The molecule has 0 unspecified atom stereocenters. The average molecular weight is 275 g/mol. The van der Waals surface area contributed by atoms with Gasteiger partial charge in [0.25, 0.3) is 0 Å². The molecule has 3 rings (SSSR count). The summed E-state index contributed by atoms with van der Waals surface area (Å²) in [6.45, 7) is 0. The van der Waals surface area contributed by atoms with Gasteiger partial charge < -0.3 is 0 Å². The van der Waals surface area contributed by atoms with E-state index < -0.39 is 0 Å². The second-order valence-corrected chi connectivity index (χ2v) is 5.26. The zero-order valence-corrected chi connectivity index (χ0v) is 11.8. The van der Waals surface area contributed by atoms with E-state index >= 15 is 0 Å². The smallest absolute Gasteiger partial charge is 0.137 e. The lowest BCUT2D eigenvalue weighted by atomic mass is 10.0. The van der Waals surface area contributed by atoms with Gasteiger partial charge in [-0.25, -0.2) is 0 Å². The molecule has 0 N–H and O–H groups in total. The summed E-state index contributed by atoms with van der Waals surface area (Å²) in [7, 11) is 0. The maximum absolute atomic E-state index is 12.1. The number of hydrogen-bond acceptors (Lipinski definition) is 2. The summed E-state index contributed by atoms with van der Waals surface area (Å²) in [6.07, 6.45) is 5.54. The van der Waals surface area contributed by atoms with Crippen LogP contribution in [0.4, 0.5) is 0 Å². The molecule has 0 amide bonds. The predicted molar refractivity (Wildman–Crippen MR) is 85.2 cm³/mol. The van der Waals surface area contributed by atoms with E-state index in [1.165, 1.54) is 5.56 Å². The summed E-state index contributed by atoms with van der Waals surface area (Å²) in [4.78, 5) is 16.2. The van der Waals surface area contributed by atoms with E-state index in [1.807, 2.05) is 42.6 Å². The predicted octanol–water partition coefficient (Wildman–Crippen LogP) is 3.98. The minimum atomic E-state index is 0.284. The number of Topliss-reactive ketones (excluding diaryl/α,β-unsaturated/α-hetero) is 1. The van der Waals surface area contributed by atoms with Gasteiger partial charge in [0, 0.05) is 30.6 Å². The third-order valence-electron chi connectivity index (χ3n) is 3.64. The van der Waals surface area contributed by atoms with Crippen LogP contribution in [-0.4, -0.2) is 10.8 Å². The summed E-state index contributed by atoms with van der Waals surface area (Å²) in [6, 6.07) is 18.3. The Balaban J connectivity index is 1.63. The molecule has 0 bridgehead atoms. The van der Waals surface area contributed by atoms with Crippen molar-refractivity contribution in [1.82, 2.24) is 4.98 Å². The van der Waals surface area contributed by atoms with Crippen LogP contribution < -0.4 is 0 Å². The normalized spacial score (nSPS) is 10.7. The van der Waals surface area contributed by atoms with Crippen LogP contribution in [0.2, 0.25) is 0 Å². The zero-order chi connectivity index (χ0) is 14.5. The number of rotatable bonds is 5. The summed E-state index contributed by atoms with van der Waals surface area (Å²) < 4.78 is 0. The maximum atomic E-state index is 12.1. The van der Waals surface area contributed by atoms with E-state index in [0.717, 1.165) is 22.8 Å². The maximum Gasteiger partial charge on any atom is 0.137 e. The van der Waals surface area contributed by atoms with Gasteiger partial charge in [-0.3, -0.25) is 9.78 Å². The Kier molecular flexibility index (Phi) is 4.06. The fourth-order valence-corrected chi connectivity index (χ4v) is 2.49. The van der Waals surface area contributed by atoms with Crippen molar-refractivity contribution >= 4 is 16.6 Å². The van der Waals surface area contributed by atoms with Crippen molar-refractivity contribution in [2.75, 3.05) is 0 Å². The van der Waals surface area contributed by atoms with Crippen molar-refractivity contribution in [3.8, 4) is 0 Å². The van der Waals surface area contributed by atoms with Crippen molar-refractivity contribution in [2.45, 2.75) is 19.3 Å². The van der Waals surface area contributed by atoms with Gasteiger partial charge in [0.2, 0.25) is 0 Å². The quantitative estimate of drug-likeness (QED) is 0.705. The van der Waals surface area contributed by atoms with Crippen LogP contribution in [-0.2, 0) is 17.6 Å². The molecule has 104 valence electrons. The fraction of sp³-hybridized carbons (Fsp3) is 0.158. The van der Waals surface area contributed by atoms with Crippen LogP contribution in [0.25, 0.3) is 10.8 Å². The molecule has 2 heteroatoms. The van der Waals surface area contributed by atoms with Crippen LogP contribution in [0.15, 0.2) is 67.0 Å². The Hall–Kier alpha value is -2.48. The van der Waals surface area contributed by atoms with E-state index in [0.29, 0.717) is 12.8 Å². The molecule has 1 aromatic heterocycles. The fourth-order valence-electron chi connectivity index (χ4n) is 2.49. The second-order valence-electron chi connectivity index (χ2n) is 5.26. The van der Waals surface area contributed by atoms with Gasteiger partial charge in [0.15, 0.2) is 0 Å². The number of carbonyl (C=O) groups is 1. The topological polar surface area (TPSA) is 30.0 Å². The van der Waals surface area contributed by atoms with E-state index in [-0.39, 0.29) is 5.78 Å². The van der Waals surface area contributed by atoms with Crippen molar-refractivity contribution in [3.05, 3.63) is 78.1 Å². The third-order valence-corrected chi connectivity index (χ3v) is 3.64. The third kappa shape index (κ3) is 3.54. The number of ketones is 1. The van der Waals surface area contributed by atoms with Gasteiger partial charge >= 0.3 is 0 Å². The molecule has 0 atom stereocenters. The first-order valence-corrected chi connectivity index (χ1v) is 7.19. The Bertz CT molecular complexity index is 750. The van der Waals surface area contributed by atoms with Gasteiger partial charge in [-0.2, -0.15) is 0 Å². The van der Waals surface area contributed by atoms with Gasteiger partial charge in [0.1, 0.15) is 5.78 Å². The van der Waals surface area contributed by atoms with E-state index in [1.54, 1.807) is 6.20 Å². The summed E-state index contributed by atoms with van der Waals surface area (Å²) in [5.41, 5.74) is 2.29. The highest BCUT2D eigenvalue weighted by molar-refractivity contribution is 5.85. The Morgan fingerprint density at radius 2 is 1.76 bits per heavy atom. The number of hydrogen-bond donors (Lipinski definition) is 0. The molecule has 21 heavy (non-hydrogen) atoms. The highest BCUT2D eigenvalue weighted by Gasteiger charge is 2.05. The molecule has 0 spiro atoms. The molecule has 0 aliphatic heterocycles. The van der Waals surface area contributed by atoms with Gasteiger partial charge in [-0.15, -0.1) is 0 Å². The van der Waals surface area contributed by atoms with Crippen molar-refractivity contribution < 1.29 is 4.79 Å². The molecule has 0 fully saturated rings. The Morgan fingerprint density at radius 3 is 2.62 bits per heavy atom. The van der Waals surface area contributed by atoms with Crippen LogP contribution in [0.1, 0.15) is 17.5 Å². The lowest BCUT2D eigenvalue weighted by Crippen LogP contribution is -2.04. The average Bonchev–Trinajstić information content (AvgIpc) is 2.54. The molecule has 0 saturated heterocycles. The molecule has 3 aromatic rings. The molecular weight excluding hydrogens is 258 g/mol. The first-order valence-electron chi connectivity index (χ1n) is 7.19. The highest BCUT2D eigenvalue weighted by Crippen LogP contribution is 2.15. The minimum Gasteiger partial charge on any atom is -0.299 e. The number of fused-ring (bicyclic) bond motifs is 1. The Morgan fingerprint density at radius 1 is 0.905 bits per heavy atom. The van der Waals surface area contributed by atoms with Gasteiger partial charge in [-0.1, -0.05) is 48.5 Å². The summed E-state index contributed by atoms with van der Waals surface area (Å²) in [5.74, 6) is 0.284. The number of nitrogens with zero attached hydrogens (tertiary/aromatic N) is 1. The number of aromatic nitrogens is 1. The summed E-state index contributed by atoms with van der Waals surface area (Å²) in [5, 5.41) is 2.25. The molecule has 2 nitrogen and oxygen atoms in total. The molecule has 0 aliphatic rings. The van der Waals surface area contributed by atoms with Crippen molar-refractivity contribution in [2.24, 2.45) is 0 Å². The highest BCUT2D eigenvalue weighted by atomic mass is 16.1. The molecule has 0 radical (unpaired) electrons. The van der Waals surface area contributed by atoms with Gasteiger partial charge in [0.05, 0.1) is 0 Å². The number of aryl methyl sites for hydroxylation is 1. The SMILES string of the molecule is O=C(CCc1ccccc1)Cc1ccc2cnccc2c1. The second kappa shape index (κ2) is 6.31. The van der Waals surface area contributed by atoms with Crippen LogP contribution >= 0.6 is 0 Å². The molecule has 2 aromatic carbocycles. The lowest BCUT2D eigenvalue weighted by molar-refractivity contribution is -0.118. The van der Waals surface area contributed by atoms with Crippen molar-refractivity contribution in [3.63, 3.8) is 0 Å². The Labute approximate surface area is 124 Å². The summed E-state index contributed by atoms with van der Waals surface area (Å²) >= 11 is 0.